The van der Waals surface area contributed by atoms with Crippen molar-refractivity contribution in [3.8, 4) is 0 Å². The van der Waals surface area contributed by atoms with Gasteiger partial charge in [0.1, 0.15) is 6.04 Å². The van der Waals surface area contributed by atoms with Crippen LogP contribution >= 0.6 is 0 Å². The van der Waals surface area contributed by atoms with E-state index < -0.39 is 6.04 Å². The van der Waals surface area contributed by atoms with Crippen molar-refractivity contribution in [2.45, 2.75) is 26.3 Å². The van der Waals surface area contributed by atoms with Gasteiger partial charge in [0, 0.05) is 5.69 Å². The lowest BCUT2D eigenvalue weighted by Gasteiger charge is -2.16. The molecule has 0 aromatic heterocycles. The number of aryl methyl sites for hydroxylation is 2. The Hall–Kier alpha value is -2.62. The van der Waals surface area contributed by atoms with Gasteiger partial charge in [-0.1, -0.05) is 24.3 Å². The van der Waals surface area contributed by atoms with Gasteiger partial charge >= 0.3 is 0 Å². The van der Waals surface area contributed by atoms with E-state index in [4.69, 9.17) is 0 Å². The largest absolute Gasteiger partial charge is 0.373 e. The van der Waals surface area contributed by atoms with Crippen LogP contribution in [-0.4, -0.2) is 17.9 Å². The van der Waals surface area contributed by atoms with Gasteiger partial charge in [-0.15, -0.1) is 0 Å². The Labute approximate surface area is 129 Å². The van der Waals surface area contributed by atoms with Crippen molar-refractivity contribution in [1.29, 1.82) is 0 Å². The zero-order valence-electron chi connectivity index (χ0n) is 12.7. The van der Waals surface area contributed by atoms with E-state index in [0.717, 1.165) is 16.8 Å². The number of nitrogens with one attached hydrogen (secondary N) is 1. The third-order valence-corrected chi connectivity index (χ3v) is 3.77. The molecule has 2 aromatic rings. The summed E-state index contributed by atoms with van der Waals surface area (Å²) in [6.07, 6.45) is 0.181. The molecule has 22 heavy (non-hydrogen) atoms. The smallest absolute Gasteiger partial charge is 0.256 e. The van der Waals surface area contributed by atoms with Crippen molar-refractivity contribution in [2.75, 3.05) is 10.2 Å². The van der Waals surface area contributed by atoms with Crippen LogP contribution in [0.2, 0.25) is 0 Å². The quantitative estimate of drug-likeness (QED) is 0.885. The highest BCUT2D eigenvalue weighted by Gasteiger charge is 2.39. The lowest BCUT2D eigenvalue weighted by Crippen LogP contribution is -2.34. The molecule has 3 rings (SSSR count). The Bertz CT molecular complexity index is 739. The van der Waals surface area contributed by atoms with Crippen LogP contribution in [0, 0.1) is 13.8 Å². The van der Waals surface area contributed by atoms with Gasteiger partial charge in [-0.2, -0.15) is 0 Å². The van der Waals surface area contributed by atoms with Crippen LogP contribution in [0.1, 0.15) is 17.5 Å². The van der Waals surface area contributed by atoms with Crippen LogP contribution in [0.3, 0.4) is 0 Å². The fourth-order valence-corrected chi connectivity index (χ4v) is 2.72. The van der Waals surface area contributed by atoms with Crippen LogP contribution < -0.4 is 10.2 Å². The Kier molecular flexibility index (Phi) is 3.67. The number of rotatable bonds is 3. The van der Waals surface area contributed by atoms with E-state index in [0.29, 0.717) is 5.69 Å². The molecule has 1 heterocycles. The topological polar surface area (TPSA) is 49.4 Å². The van der Waals surface area contributed by atoms with Gasteiger partial charge in [0.05, 0.1) is 12.1 Å². The molecule has 2 aromatic carbocycles. The fourth-order valence-electron chi connectivity index (χ4n) is 2.72. The number of hydrogen-bond acceptors (Lipinski definition) is 3. The van der Waals surface area contributed by atoms with Crippen LogP contribution in [-0.2, 0) is 9.59 Å². The molecule has 0 bridgehead atoms. The number of hydrogen-bond donors (Lipinski definition) is 1. The van der Waals surface area contributed by atoms with Crippen molar-refractivity contribution in [3.05, 3.63) is 59.7 Å². The van der Waals surface area contributed by atoms with E-state index in [2.05, 4.69) is 5.32 Å². The number of nitrogens with zero attached hydrogens (tertiary/aromatic N) is 1. The molecule has 1 saturated heterocycles. The summed E-state index contributed by atoms with van der Waals surface area (Å²) in [4.78, 5) is 26.1. The Morgan fingerprint density at radius 3 is 2.36 bits per heavy atom. The number of carbonyl (C=O) groups excluding carboxylic acids is 2. The summed E-state index contributed by atoms with van der Waals surface area (Å²) in [5, 5.41) is 3.16. The lowest BCUT2D eigenvalue weighted by atomic mass is 10.2. The fraction of sp³-hybridized carbons (Fsp3) is 0.222. The average Bonchev–Trinajstić information content (AvgIpc) is 2.73. The van der Waals surface area contributed by atoms with Gasteiger partial charge in [-0.25, -0.2) is 4.90 Å². The number of imide groups is 1. The van der Waals surface area contributed by atoms with E-state index in [1.165, 1.54) is 4.90 Å². The Balaban J connectivity index is 1.82. The lowest BCUT2D eigenvalue weighted by molar-refractivity contribution is -0.121. The second-order valence-electron chi connectivity index (χ2n) is 5.68. The van der Waals surface area contributed by atoms with Crippen molar-refractivity contribution >= 4 is 23.2 Å². The first-order valence-electron chi connectivity index (χ1n) is 7.31. The number of amides is 2. The minimum absolute atomic E-state index is 0.166. The molecule has 0 saturated carbocycles. The summed E-state index contributed by atoms with van der Waals surface area (Å²) in [5.74, 6) is -0.363. The molecule has 112 valence electrons. The van der Waals surface area contributed by atoms with E-state index in [1.54, 1.807) is 6.07 Å². The Morgan fingerprint density at radius 2 is 1.68 bits per heavy atom. The summed E-state index contributed by atoms with van der Waals surface area (Å²) in [6.45, 7) is 3.93. The molecule has 4 nitrogen and oxygen atoms in total. The second-order valence-corrected chi connectivity index (χ2v) is 5.68. The minimum Gasteiger partial charge on any atom is -0.373 e. The maximum Gasteiger partial charge on any atom is 0.256 e. The predicted octanol–water partition coefficient (Wildman–Crippen LogP) is 3.05. The maximum atomic E-state index is 12.6. The zero-order chi connectivity index (χ0) is 15.7. The van der Waals surface area contributed by atoms with E-state index in [-0.39, 0.29) is 18.2 Å². The van der Waals surface area contributed by atoms with Crippen LogP contribution in [0.5, 0.6) is 0 Å². The molecule has 1 atom stereocenters. The van der Waals surface area contributed by atoms with Crippen LogP contribution in [0.25, 0.3) is 0 Å². The average molecular weight is 294 g/mol. The van der Waals surface area contributed by atoms with Gasteiger partial charge in [0.2, 0.25) is 5.91 Å². The van der Waals surface area contributed by atoms with Crippen molar-refractivity contribution in [2.24, 2.45) is 0 Å². The number of carbonyl (C=O) groups is 2. The summed E-state index contributed by atoms with van der Waals surface area (Å²) < 4.78 is 0. The molecular weight excluding hydrogens is 276 g/mol. The van der Waals surface area contributed by atoms with Crippen molar-refractivity contribution < 1.29 is 9.59 Å². The maximum absolute atomic E-state index is 12.6. The third kappa shape index (κ3) is 2.72. The molecule has 1 fully saturated rings. The van der Waals surface area contributed by atoms with E-state index in [9.17, 15) is 9.59 Å². The standard InChI is InChI=1S/C18H18N2O2/c1-12-5-3-7-14(9-12)19-16-11-17(21)20(18(16)22)15-8-4-6-13(2)10-15/h3-10,16,19H,11H2,1-2H3/t16-/m0/s1. The van der Waals surface area contributed by atoms with Gasteiger partial charge in [0.15, 0.2) is 0 Å². The summed E-state index contributed by atoms with van der Waals surface area (Å²) in [5.41, 5.74) is 3.63. The minimum atomic E-state index is -0.505. The van der Waals surface area contributed by atoms with E-state index in [1.807, 2.05) is 56.3 Å². The molecule has 1 N–H and O–H groups in total. The van der Waals surface area contributed by atoms with Gasteiger partial charge in [0.25, 0.3) is 5.91 Å². The molecule has 1 aliphatic rings. The highest BCUT2D eigenvalue weighted by atomic mass is 16.2. The van der Waals surface area contributed by atoms with Gasteiger partial charge in [-0.05, 0) is 49.2 Å². The first kappa shape index (κ1) is 14.3. The highest BCUT2D eigenvalue weighted by molar-refractivity contribution is 6.23. The van der Waals surface area contributed by atoms with Gasteiger partial charge < -0.3 is 5.32 Å². The summed E-state index contributed by atoms with van der Waals surface area (Å²) in [6, 6.07) is 14.7. The normalized spacial score (nSPS) is 17.9. The van der Waals surface area contributed by atoms with Crippen LogP contribution in [0.15, 0.2) is 48.5 Å². The molecule has 0 unspecified atom stereocenters. The first-order valence-corrected chi connectivity index (χ1v) is 7.31. The molecule has 1 aliphatic heterocycles. The zero-order valence-corrected chi connectivity index (χ0v) is 12.7. The number of anilines is 2. The van der Waals surface area contributed by atoms with Crippen molar-refractivity contribution in [3.63, 3.8) is 0 Å². The highest BCUT2D eigenvalue weighted by Crippen LogP contribution is 2.25. The molecule has 0 radical (unpaired) electrons. The third-order valence-electron chi connectivity index (χ3n) is 3.77. The van der Waals surface area contributed by atoms with E-state index >= 15 is 0 Å². The number of benzene rings is 2. The SMILES string of the molecule is Cc1cccc(N[C@H]2CC(=O)N(c3cccc(C)c3)C2=O)c1. The van der Waals surface area contributed by atoms with Gasteiger partial charge in [-0.3, -0.25) is 9.59 Å². The first-order chi connectivity index (χ1) is 10.5. The monoisotopic (exact) mass is 294 g/mol. The second kappa shape index (κ2) is 5.64. The van der Waals surface area contributed by atoms with Crippen molar-refractivity contribution in [1.82, 2.24) is 0 Å². The molecule has 2 amide bonds. The van der Waals surface area contributed by atoms with Crippen LogP contribution in [0.4, 0.5) is 11.4 Å². The summed E-state index contributed by atoms with van der Waals surface area (Å²) >= 11 is 0. The molecule has 0 spiro atoms. The Morgan fingerprint density at radius 1 is 1.00 bits per heavy atom. The predicted molar refractivity (Wildman–Crippen MR) is 86.9 cm³/mol. The molecule has 0 aliphatic carbocycles. The molecular formula is C18H18N2O2. The molecule has 4 heteroatoms. The summed E-state index contributed by atoms with van der Waals surface area (Å²) in [7, 11) is 0.